The summed E-state index contributed by atoms with van der Waals surface area (Å²) in [4.78, 5) is 24.7. The lowest BCUT2D eigenvalue weighted by Gasteiger charge is -2.28. The quantitative estimate of drug-likeness (QED) is 0.599. The highest BCUT2D eigenvalue weighted by atomic mass is 32.2. The van der Waals surface area contributed by atoms with Gasteiger partial charge in [0.2, 0.25) is 5.91 Å². The van der Waals surface area contributed by atoms with Crippen molar-refractivity contribution in [2.75, 3.05) is 28.3 Å². The first kappa shape index (κ1) is 18.8. The highest BCUT2D eigenvalue weighted by Crippen LogP contribution is 2.25. The van der Waals surface area contributed by atoms with E-state index in [4.69, 9.17) is 0 Å². The van der Waals surface area contributed by atoms with E-state index in [0.717, 1.165) is 0 Å². The maximum atomic E-state index is 12.9. The largest absolute Gasteiger partial charge is 0.376 e. The molecule has 1 unspecified atom stereocenters. The van der Waals surface area contributed by atoms with Gasteiger partial charge in [0.05, 0.1) is 29.0 Å². The maximum Gasteiger partial charge on any atom is 0.271 e. The Morgan fingerprint density at radius 2 is 1.93 bits per heavy atom. The Morgan fingerprint density at radius 1 is 1.19 bits per heavy atom. The van der Waals surface area contributed by atoms with Crippen LogP contribution in [0.15, 0.2) is 54.6 Å². The second kappa shape index (κ2) is 7.75. The Morgan fingerprint density at radius 3 is 2.56 bits per heavy atom. The molecule has 1 aliphatic rings. The standard InChI is InChI=1S/C18H19N3O5S/c22-18(12-19-14-5-4-8-16(11-14)21(23)24)20(15-6-2-1-3-7-15)17-9-10-27(25,26)13-17/h1-8,11,17,19H,9-10,12-13H2. The molecule has 1 fully saturated rings. The summed E-state index contributed by atoms with van der Waals surface area (Å²) in [6.45, 7) is -0.105. The lowest BCUT2D eigenvalue weighted by Crippen LogP contribution is -2.44. The van der Waals surface area contributed by atoms with Crippen molar-refractivity contribution in [2.24, 2.45) is 0 Å². The number of nitro benzene ring substituents is 1. The third kappa shape index (κ3) is 4.62. The molecule has 9 heteroatoms. The molecule has 1 saturated heterocycles. The molecule has 0 bridgehead atoms. The van der Waals surface area contributed by atoms with Gasteiger partial charge < -0.3 is 10.2 Å². The van der Waals surface area contributed by atoms with E-state index in [2.05, 4.69) is 5.32 Å². The first-order chi connectivity index (χ1) is 12.9. The molecule has 1 aliphatic heterocycles. The summed E-state index contributed by atoms with van der Waals surface area (Å²) in [6, 6.07) is 14.4. The van der Waals surface area contributed by atoms with Gasteiger partial charge in [-0.3, -0.25) is 14.9 Å². The molecule has 1 atom stereocenters. The van der Waals surface area contributed by atoms with E-state index in [1.807, 2.05) is 6.07 Å². The molecule has 0 spiro atoms. The summed E-state index contributed by atoms with van der Waals surface area (Å²) >= 11 is 0. The number of sulfone groups is 1. The minimum absolute atomic E-state index is 0.0621. The highest BCUT2D eigenvalue weighted by molar-refractivity contribution is 7.91. The number of anilines is 2. The first-order valence-electron chi connectivity index (χ1n) is 8.41. The van der Waals surface area contributed by atoms with E-state index in [9.17, 15) is 23.3 Å². The second-order valence-corrected chi connectivity index (χ2v) is 8.55. The van der Waals surface area contributed by atoms with E-state index in [1.54, 1.807) is 30.3 Å². The summed E-state index contributed by atoms with van der Waals surface area (Å²) in [5.41, 5.74) is 1.00. The molecular weight excluding hydrogens is 370 g/mol. The molecule has 2 aromatic carbocycles. The zero-order valence-electron chi connectivity index (χ0n) is 14.4. The van der Waals surface area contributed by atoms with Crippen molar-refractivity contribution in [1.82, 2.24) is 0 Å². The van der Waals surface area contributed by atoms with Crippen LogP contribution in [-0.2, 0) is 14.6 Å². The number of carbonyl (C=O) groups is 1. The van der Waals surface area contributed by atoms with Crippen LogP contribution >= 0.6 is 0 Å². The molecule has 0 radical (unpaired) electrons. The zero-order valence-corrected chi connectivity index (χ0v) is 15.3. The minimum Gasteiger partial charge on any atom is -0.376 e. The normalized spacial score (nSPS) is 18.0. The van der Waals surface area contributed by atoms with Crippen LogP contribution in [0.5, 0.6) is 0 Å². The molecule has 8 nitrogen and oxygen atoms in total. The topological polar surface area (TPSA) is 110 Å². The van der Waals surface area contributed by atoms with Gasteiger partial charge in [-0.15, -0.1) is 0 Å². The van der Waals surface area contributed by atoms with Crippen LogP contribution in [0.25, 0.3) is 0 Å². The van der Waals surface area contributed by atoms with Gasteiger partial charge in [0.15, 0.2) is 9.84 Å². The number of carbonyl (C=O) groups excluding carboxylic acids is 1. The summed E-state index contributed by atoms with van der Waals surface area (Å²) in [7, 11) is -3.15. The van der Waals surface area contributed by atoms with Gasteiger partial charge >= 0.3 is 0 Å². The molecule has 1 amide bonds. The zero-order chi connectivity index (χ0) is 19.4. The van der Waals surface area contributed by atoms with Crippen molar-refractivity contribution < 1.29 is 18.1 Å². The van der Waals surface area contributed by atoms with Crippen LogP contribution in [0.1, 0.15) is 6.42 Å². The Balaban J connectivity index is 1.77. The van der Waals surface area contributed by atoms with E-state index >= 15 is 0 Å². The van der Waals surface area contributed by atoms with Crippen LogP contribution < -0.4 is 10.2 Å². The lowest BCUT2D eigenvalue weighted by atomic mass is 10.1. The van der Waals surface area contributed by atoms with Crippen LogP contribution in [0.3, 0.4) is 0 Å². The maximum absolute atomic E-state index is 12.9. The number of para-hydroxylation sites is 1. The molecule has 0 saturated carbocycles. The fourth-order valence-electron chi connectivity index (χ4n) is 3.12. The summed E-state index contributed by atoms with van der Waals surface area (Å²) in [5.74, 6) is -0.299. The van der Waals surface area contributed by atoms with E-state index in [1.165, 1.54) is 23.1 Å². The van der Waals surface area contributed by atoms with Gasteiger partial charge in [0.1, 0.15) is 0 Å². The van der Waals surface area contributed by atoms with Gasteiger partial charge in [-0.05, 0) is 24.6 Å². The predicted octanol–water partition coefficient (Wildman–Crippen LogP) is 2.23. The monoisotopic (exact) mass is 389 g/mol. The third-order valence-electron chi connectivity index (χ3n) is 4.38. The number of nitrogens with zero attached hydrogens (tertiary/aromatic N) is 2. The first-order valence-corrected chi connectivity index (χ1v) is 10.2. The van der Waals surface area contributed by atoms with E-state index in [-0.39, 0.29) is 29.6 Å². The number of amides is 1. The van der Waals surface area contributed by atoms with Crippen molar-refractivity contribution in [1.29, 1.82) is 0 Å². The van der Waals surface area contributed by atoms with E-state index < -0.39 is 20.8 Å². The summed E-state index contributed by atoms with van der Waals surface area (Å²) in [5, 5.41) is 13.8. The molecule has 0 aromatic heterocycles. The SMILES string of the molecule is O=C(CNc1cccc([N+](=O)[O-])c1)N(c1ccccc1)C1CCS(=O)(=O)C1. The molecule has 1 N–H and O–H groups in total. The van der Waals surface area contributed by atoms with Gasteiger partial charge in [-0.1, -0.05) is 24.3 Å². The predicted molar refractivity (Wildman–Crippen MR) is 103 cm³/mol. The lowest BCUT2D eigenvalue weighted by molar-refractivity contribution is -0.384. The number of hydrogen-bond donors (Lipinski definition) is 1. The van der Waals surface area contributed by atoms with Crippen LogP contribution in [0.2, 0.25) is 0 Å². The van der Waals surface area contributed by atoms with Crippen LogP contribution in [0.4, 0.5) is 17.1 Å². The Hall–Kier alpha value is -2.94. The molecule has 3 rings (SSSR count). The third-order valence-corrected chi connectivity index (χ3v) is 6.13. The minimum atomic E-state index is -3.15. The number of nitro groups is 1. The van der Waals surface area contributed by atoms with Gasteiger partial charge in [-0.25, -0.2) is 8.42 Å². The molecule has 2 aromatic rings. The average Bonchev–Trinajstić information content (AvgIpc) is 3.00. The van der Waals surface area contributed by atoms with Crippen LogP contribution in [0, 0.1) is 10.1 Å². The number of hydrogen-bond acceptors (Lipinski definition) is 6. The fraction of sp³-hybridized carbons (Fsp3) is 0.278. The van der Waals surface area contributed by atoms with E-state index in [0.29, 0.717) is 17.8 Å². The molecular formula is C18H19N3O5S. The Bertz CT molecular complexity index is 946. The van der Waals surface area contributed by atoms with Crippen molar-refractivity contribution in [3.05, 3.63) is 64.7 Å². The van der Waals surface area contributed by atoms with Crippen LogP contribution in [-0.4, -0.2) is 43.3 Å². The number of nitrogens with one attached hydrogen (secondary N) is 1. The smallest absolute Gasteiger partial charge is 0.271 e. The molecule has 1 heterocycles. The van der Waals surface area contributed by atoms with Gasteiger partial charge in [0, 0.05) is 23.5 Å². The van der Waals surface area contributed by atoms with Gasteiger partial charge in [0.25, 0.3) is 5.69 Å². The molecule has 0 aliphatic carbocycles. The van der Waals surface area contributed by atoms with Crippen molar-refractivity contribution >= 4 is 32.8 Å². The number of non-ortho nitro benzene ring substituents is 1. The number of rotatable bonds is 6. The Kier molecular flexibility index (Phi) is 5.41. The summed E-state index contributed by atoms with van der Waals surface area (Å²) in [6.07, 6.45) is 0.389. The molecule has 142 valence electrons. The summed E-state index contributed by atoms with van der Waals surface area (Å²) < 4.78 is 23.7. The second-order valence-electron chi connectivity index (χ2n) is 6.32. The van der Waals surface area contributed by atoms with Crippen molar-refractivity contribution in [3.63, 3.8) is 0 Å². The number of benzene rings is 2. The Labute approximate surface area is 156 Å². The van der Waals surface area contributed by atoms with Crippen molar-refractivity contribution in [3.8, 4) is 0 Å². The average molecular weight is 389 g/mol. The highest BCUT2D eigenvalue weighted by Gasteiger charge is 2.35. The van der Waals surface area contributed by atoms with Gasteiger partial charge in [-0.2, -0.15) is 0 Å². The van der Waals surface area contributed by atoms with Crippen molar-refractivity contribution in [2.45, 2.75) is 12.5 Å². The fourth-order valence-corrected chi connectivity index (χ4v) is 4.82. The molecule has 27 heavy (non-hydrogen) atoms.